The van der Waals surface area contributed by atoms with Gasteiger partial charge in [0.25, 0.3) is 0 Å². The van der Waals surface area contributed by atoms with Crippen LogP contribution < -0.4 is 0 Å². The van der Waals surface area contributed by atoms with Gasteiger partial charge in [-0.1, -0.05) is 27.7 Å². The van der Waals surface area contributed by atoms with E-state index < -0.39 is 0 Å². The quantitative estimate of drug-likeness (QED) is 0.484. The molecular formula is C20H33+. The van der Waals surface area contributed by atoms with Crippen LogP contribution in [0.25, 0.3) is 0 Å². The minimum absolute atomic E-state index is 0.554. The van der Waals surface area contributed by atoms with Crippen LogP contribution in [0.1, 0.15) is 79.6 Å². The van der Waals surface area contributed by atoms with Crippen LogP contribution in [-0.4, -0.2) is 0 Å². The van der Waals surface area contributed by atoms with E-state index in [4.69, 9.17) is 0 Å². The summed E-state index contributed by atoms with van der Waals surface area (Å²) in [5, 5.41) is 0. The Kier molecular flexibility index (Phi) is 2.44. The van der Waals surface area contributed by atoms with Gasteiger partial charge in [0.05, 0.1) is 12.8 Å². The summed E-state index contributed by atoms with van der Waals surface area (Å²) in [6, 6.07) is 0. The topological polar surface area (TPSA) is 0 Å². The van der Waals surface area contributed by atoms with Crippen LogP contribution >= 0.6 is 0 Å². The van der Waals surface area contributed by atoms with Crippen molar-refractivity contribution < 1.29 is 0 Å². The Bertz CT molecular complexity index is 435. The van der Waals surface area contributed by atoms with Crippen LogP contribution in [0.4, 0.5) is 0 Å². The summed E-state index contributed by atoms with van der Waals surface area (Å²) in [6.07, 6.45) is 13.1. The van der Waals surface area contributed by atoms with Gasteiger partial charge in [0.2, 0.25) is 0 Å². The molecule has 0 aromatic rings. The molecule has 0 aromatic heterocycles. The van der Waals surface area contributed by atoms with Crippen LogP contribution in [0.15, 0.2) is 0 Å². The molecule has 0 unspecified atom stereocenters. The zero-order chi connectivity index (χ0) is 14.4. The van der Waals surface area contributed by atoms with Crippen LogP contribution in [0.2, 0.25) is 0 Å². The third kappa shape index (κ3) is 1.29. The smallest absolute Gasteiger partial charge is 0.0616 e. The van der Waals surface area contributed by atoms with Gasteiger partial charge < -0.3 is 0 Å². The Morgan fingerprint density at radius 1 is 0.950 bits per heavy atom. The van der Waals surface area contributed by atoms with Gasteiger partial charge in [0.1, 0.15) is 5.41 Å². The number of fused-ring (bicyclic) bond motifs is 2. The average molecular weight is 273 g/mol. The zero-order valence-corrected chi connectivity index (χ0v) is 14.3. The first-order valence-corrected chi connectivity index (χ1v) is 9.10. The van der Waals surface area contributed by atoms with Gasteiger partial charge in [0.15, 0.2) is 0 Å². The summed E-state index contributed by atoms with van der Waals surface area (Å²) in [5.74, 6) is 2.95. The summed E-state index contributed by atoms with van der Waals surface area (Å²) in [4.78, 5) is 0. The van der Waals surface area contributed by atoms with Gasteiger partial charge >= 0.3 is 0 Å². The molecule has 112 valence electrons. The van der Waals surface area contributed by atoms with Crippen molar-refractivity contribution >= 4 is 0 Å². The number of rotatable bonds is 0. The lowest BCUT2D eigenvalue weighted by molar-refractivity contribution is -0.0199. The predicted molar refractivity (Wildman–Crippen MR) is 85.2 cm³/mol. The van der Waals surface area contributed by atoms with Gasteiger partial charge in [-0.25, -0.2) is 0 Å². The summed E-state index contributed by atoms with van der Waals surface area (Å²) in [6.45, 7) is 13.0. The largest absolute Gasteiger partial charge is 0.111 e. The molecule has 4 fully saturated rings. The molecule has 4 saturated carbocycles. The standard InChI is InChI=1S/C20H33/c1-14-7-6-9-19(5)10-8-15-16-17(2,3)11-12-18(16,4)13-20(14,15)19/h9,14-16H,6-8,10-13H2,1-5H3/q+1/t14-,15-,16+,18+,19+,20-/m0/s1. The summed E-state index contributed by atoms with van der Waals surface area (Å²) in [5.41, 5.74) is 2.45. The third-order valence-electron chi connectivity index (χ3n) is 8.81. The maximum atomic E-state index is 2.75. The molecule has 0 heteroatoms. The van der Waals surface area contributed by atoms with Crippen molar-refractivity contribution in [2.45, 2.75) is 79.6 Å². The second-order valence-electron chi connectivity index (χ2n) is 10.1. The highest BCUT2D eigenvalue weighted by molar-refractivity contribution is 5.24. The first-order chi connectivity index (χ1) is 9.25. The minimum Gasteiger partial charge on any atom is -0.0616 e. The van der Waals surface area contributed by atoms with Crippen molar-refractivity contribution in [1.82, 2.24) is 0 Å². The van der Waals surface area contributed by atoms with E-state index >= 15 is 0 Å². The molecule has 0 nitrogen and oxygen atoms in total. The first kappa shape index (κ1) is 13.5. The minimum atomic E-state index is 0.554. The monoisotopic (exact) mass is 273 g/mol. The maximum Gasteiger partial charge on any atom is 0.111 e. The molecule has 0 radical (unpaired) electrons. The zero-order valence-electron chi connectivity index (χ0n) is 14.3. The van der Waals surface area contributed by atoms with Crippen molar-refractivity contribution in [2.24, 2.45) is 39.4 Å². The third-order valence-corrected chi connectivity index (χ3v) is 8.81. The Morgan fingerprint density at radius 3 is 2.45 bits per heavy atom. The molecule has 0 amide bonds. The Balaban J connectivity index is 1.84. The van der Waals surface area contributed by atoms with Crippen molar-refractivity contribution in [3.63, 3.8) is 0 Å². The van der Waals surface area contributed by atoms with E-state index in [9.17, 15) is 0 Å². The van der Waals surface area contributed by atoms with Gasteiger partial charge in [-0.15, -0.1) is 0 Å². The molecule has 4 rings (SSSR count). The molecule has 0 aliphatic heterocycles. The fourth-order valence-electron chi connectivity index (χ4n) is 8.23. The highest BCUT2D eigenvalue weighted by Gasteiger charge is 2.76. The molecule has 0 bridgehead atoms. The van der Waals surface area contributed by atoms with Gasteiger partial charge in [-0.05, 0) is 74.0 Å². The van der Waals surface area contributed by atoms with Gasteiger partial charge in [-0.2, -0.15) is 0 Å². The normalized spacial score (nSPS) is 59.8. The lowest BCUT2D eigenvalue weighted by Crippen LogP contribution is -2.47. The van der Waals surface area contributed by atoms with Crippen LogP contribution in [0.5, 0.6) is 0 Å². The lowest BCUT2D eigenvalue weighted by atomic mass is 9.51. The van der Waals surface area contributed by atoms with Crippen molar-refractivity contribution in [3.05, 3.63) is 6.42 Å². The number of hydrogen-bond donors (Lipinski definition) is 0. The van der Waals surface area contributed by atoms with Crippen LogP contribution in [-0.2, 0) is 0 Å². The molecule has 0 heterocycles. The summed E-state index contributed by atoms with van der Waals surface area (Å²) in [7, 11) is 0. The van der Waals surface area contributed by atoms with Gasteiger partial charge in [0, 0.05) is 5.41 Å². The first-order valence-electron chi connectivity index (χ1n) is 9.10. The highest BCUT2D eigenvalue weighted by Crippen LogP contribution is 2.80. The fourth-order valence-corrected chi connectivity index (χ4v) is 8.23. The Labute approximate surface area is 126 Å². The van der Waals surface area contributed by atoms with Crippen LogP contribution in [0, 0.1) is 45.8 Å². The Hall–Kier alpha value is -0.130. The SMILES string of the molecule is C[C@H]1CC[CH+][C@]2(C)CC[C@H]3[C@@H]4C(C)(C)CC[C@]4(C)C[C@]132. The van der Waals surface area contributed by atoms with E-state index in [-0.39, 0.29) is 0 Å². The summed E-state index contributed by atoms with van der Waals surface area (Å²) < 4.78 is 0. The predicted octanol–water partition coefficient (Wildman–Crippen LogP) is 5.87. The number of hydrogen-bond acceptors (Lipinski definition) is 0. The summed E-state index contributed by atoms with van der Waals surface area (Å²) >= 11 is 0. The van der Waals surface area contributed by atoms with E-state index in [1.54, 1.807) is 0 Å². The van der Waals surface area contributed by atoms with Crippen LogP contribution in [0.3, 0.4) is 0 Å². The second kappa shape index (κ2) is 3.61. The molecule has 4 aliphatic carbocycles. The molecular weight excluding hydrogens is 240 g/mol. The molecule has 20 heavy (non-hydrogen) atoms. The fraction of sp³-hybridized carbons (Fsp3) is 0.950. The molecule has 0 saturated heterocycles. The molecule has 1 spiro atoms. The van der Waals surface area contributed by atoms with E-state index in [1.807, 2.05) is 0 Å². The van der Waals surface area contributed by atoms with E-state index in [1.165, 1.54) is 44.9 Å². The highest BCUT2D eigenvalue weighted by atomic mass is 14.8. The lowest BCUT2D eigenvalue weighted by Gasteiger charge is -2.48. The average Bonchev–Trinajstić information content (AvgIpc) is 2.86. The molecule has 0 aromatic carbocycles. The molecule has 6 atom stereocenters. The van der Waals surface area contributed by atoms with E-state index in [0.29, 0.717) is 21.7 Å². The van der Waals surface area contributed by atoms with Gasteiger partial charge in [-0.3, -0.25) is 0 Å². The van der Waals surface area contributed by atoms with E-state index in [2.05, 4.69) is 41.0 Å². The van der Waals surface area contributed by atoms with Crippen molar-refractivity contribution in [3.8, 4) is 0 Å². The Morgan fingerprint density at radius 2 is 1.70 bits per heavy atom. The second-order valence-corrected chi connectivity index (χ2v) is 10.1. The van der Waals surface area contributed by atoms with E-state index in [0.717, 1.165) is 17.8 Å². The van der Waals surface area contributed by atoms with Crippen molar-refractivity contribution in [1.29, 1.82) is 0 Å². The maximum absolute atomic E-state index is 2.75. The molecule has 0 N–H and O–H groups in total. The van der Waals surface area contributed by atoms with Crippen molar-refractivity contribution in [2.75, 3.05) is 0 Å². The molecule has 4 aliphatic rings.